The van der Waals surface area contributed by atoms with Crippen LogP contribution in [-0.2, 0) is 13.0 Å². The lowest BCUT2D eigenvalue weighted by atomic mass is 9.92. The highest BCUT2D eigenvalue weighted by Gasteiger charge is 2.29. The summed E-state index contributed by atoms with van der Waals surface area (Å²) < 4.78 is 7.49. The van der Waals surface area contributed by atoms with Crippen molar-refractivity contribution in [3.63, 3.8) is 0 Å². The summed E-state index contributed by atoms with van der Waals surface area (Å²) in [7, 11) is 3.80. The van der Waals surface area contributed by atoms with Crippen LogP contribution >= 0.6 is 11.3 Å². The van der Waals surface area contributed by atoms with Gasteiger partial charge in [-0.05, 0) is 62.1 Å². The highest BCUT2D eigenvalue weighted by atomic mass is 32.1. The third-order valence-electron chi connectivity index (χ3n) is 6.12. The van der Waals surface area contributed by atoms with E-state index in [1.165, 1.54) is 21.0 Å². The van der Waals surface area contributed by atoms with Gasteiger partial charge in [-0.3, -0.25) is 0 Å². The number of ether oxygens (including phenoxy) is 1. The van der Waals surface area contributed by atoms with Crippen LogP contribution in [0.5, 0.6) is 5.75 Å². The van der Waals surface area contributed by atoms with Gasteiger partial charge in [-0.15, -0.1) is 11.3 Å². The van der Waals surface area contributed by atoms with E-state index in [0.717, 1.165) is 38.1 Å². The molecular weight excluding hydrogens is 432 g/mol. The number of carbonyl (C=O) groups is 1. The van der Waals surface area contributed by atoms with Crippen LogP contribution in [0.1, 0.15) is 48.7 Å². The summed E-state index contributed by atoms with van der Waals surface area (Å²) in [6, 6.07) is 11.3. The van der Waals surface area contributed by atoms with Gasteiger partial charge in [0.2, 0.25) is 0 Å². The van der Waals surface area contributed by atoms with E-state index in [1.807, 2.05) is 35.6 Å². The van der Waals surface area contributed by atoms with Crippen LogP contribution in [0, 0.1) is 5.92 Å². The molecule has 2 aromatic heterocycles. The summed E-state index contributed by atoms with van der Waals surface area (Å²) >= 11 is 1.86. The van der Waals surface area contributed by atoms with Crippen molar-refractivity contribution in [3.05, 3.63) is 64.8 Å². The van der Waals surface area contributed by atoms with Crippen molar-refractivity contribution in [2.75, 3.05) is 26.0 Å². The van der Waals surface area contributed by atoms with Gasteiger partial charge in [-0.25, -0.2) is 4.79 Å². The molecule has 2 N–H and O–H groups in total. The fraction of sp³-hybridized carbons (Fsp3) is 0.423. The monoisotopic (exact) mass is 466 g/mol. The van der Waals surface area contributed by atoms with Crippen LogP contribution < -0.4 is 15.4 Å². The fourth-order valence-electron chi connectivity index (χ4n) is 4.38. The molecule has 1 unspecified atom stereocenters. The zero-order valence-corrected chi connectivity index (χ0v) is 20.7. The molecule has 2 amide bonds. The first-order chi connectivity index (χ1) is 15.9. The quantitative estimate of drug-likeness (QED) is 0.439. The molecule has 1 aromatic carbocycles. The first kappa shape index (κ1) is 23.4. The van der Waals surface area contributed by atoms with Crippen molar-refractivity contribution in [2.24, 2.45) is 5.92 Å². The molecule has 0 radical (unpaired) electrons. The Kier molecular flexibility index (Phi) is 7.40. The number of nitrogens with zero attached hydrogens (tertiary/aromatic N) is 2. The second kappa shape index (κ2) is 10.4. The number of carbonyl (C=O) groups excluding carboxylic acids is 1. The maximum Gasteiger partial charge on any atom is 0.319 e. The number of likely N-dealkylation sites (N-methyl/N-ethyl adjacent to an activating group) is 1. The minimum atomic E-state index is -0.191. The van der Waals surface area contributed by atoms with E-state index in [0.29, 0.717) is 11.6 Å². The average Bonchev–Trinajstić information content (AvgIpc) is 3.44. The molecule has 0 saturated heterocycles. The summed E-state index contributed by atoms with van der Waals surface area (Å²) in [4.78, 5) is 16.9. The second-order valence-electron chi connectivity index (χ2n) is 9.15. The molecule has 33 heavy (non-hydrogen) atoms. The Morgan fingerprint density at radius 1 is 1.18 bits per heavy atom. The Hall–Kier alpha value is -2.77. The van der Waals surface area contributed by atoms with E-state index < -0.39 is 0 Å². The van der Waals surface area contributed by atoms with E-state index in [1.54, 1.807) is 7.11 Å². The highest BCUT2D eigenvalue weighted by Crippen LogP contribution is 2.40. The van der Waals surface area contributed by atoms with Gasteiger partial charge in [-0.2, -0.15) is 0 Å². The van der Waals surface area contributed by atoms with Crippen LogP contribution in [0.3, 0.4) is 0 Å². The van der Waals surface area contributed by atoms with E-state index in [9.17, 15) is 4.79 Å². The molecule has 3 heterocycles. The first-order valence-electron chi connectivity index (χ1n) is 11.6. The summed E-state index contributed by atoms with van der Waals surface area (Å²) in [5.74, 6) is 1.28. The smallest absolute Gasteiger partial charge is 0.319 e. The lowest BCUT2D eigenvalue weighted by Crippen LogP contribution is -2.34. The molecule has 7 heteroatoms. The van der Waals surface area contributed by atoms with Crippen LogP contribution in [0.2, 0.25) is 0 Å². The molecule has 3 aromatic rings. The van der Waals surface area contributed by atoms with Crippen molar-refractivity contribution in [3.8, 4) is 10.8 Å². The molecular formula is C26H34N4O2S. The maximum absolute atomic E-state index is 13.1. The summed E-state index contributed by atoms with van der Waals surface area (Å²) in [5.41, 5.74) is 3.41. The molecule has 1 aliphatic rings. The second-order valence-corrected chi connectivity index (χ2v) is 10.2. The zero-order valence-electron chi connectivity index (χ0n) is 19.9. The number of nitrogens with one attached hydrogen (secondary N) is 2. The lowest BCUT2D eigenvalue weighted by Gasteiger charge is -2.26. The molecule has 0 saturated carbocycles. The zero-order chi connectivity index (χ0) is 23.4. The van der Waals surface area contributed by atoms with Gasteiger partial charge in [-0.1, -0.05) is 19.9 Å². The van der Waals surface area contributed by atoms with Crippen LogP contribution in [0.4, 0.5) is 10.5 Å². The molecule has 176 valence electrons. The Bertz CT molecular complexity index is 1070. The third-order valence-corrected chi connectivity index (χ3v) is 7.37. The Morgan fingerprint density at radius 2 is 1.97 bits per heavy atom. The van der Waals surface area contributed by atoms with Gasteiger partial charge in [0.25, 0.3) is 0 Å². The van der Waals surface area contributed by atoms with Crippen molar-refractivity contribution in [1.29, 1.82) is 0 Å². The number of thiophene rings is 1. The molecule has 0 aliphatic carbocycles. The number of aromatic nitrogens is 1. The van der Waals surface area contributed by atoms with Gasteiger partial charge >= 0.3 is 6.03 Å². The SMILES string of the molecule is COc1cccc(NC(=O)NC(CCC(C)C)c2c(-n3cccc3)sc3c2CCN(C)C3)c1. The van der Waals surface area contributed by atoms with E-state index >= 15 is 0 Å². The highest BCUT2D eigenvalue weighted by molar-refractivity contribution is 7.15. The Morgan fingerprint density at radius 3 is 2.70 bits per heavy atom. The van der Waals surface area contributed by atoms with Crippen molar-refractivity contribution in [1.82, 2.24) is 14.8 Å². The Labute approximate surface area is 200 Å². The fourth-order valence-corrected chi connectivity index (χ4v) is 5.83. The normalized spacial score (nSPS) is 14.7. The predicted molar refractivity (Wildman–Crippen MR) is 136 cm³/mol. The number of amides is 2. The van der Waals surface area contributed by atoms with E-state index in [2.05, 4.69) is 65.5 Å². The summed E-state index contributed by atoms with van der Waals surface area (Å²) in [5, 5.41) is 7.53. The number of benzene rings is 1. The maximum atomic E-state index is 13.1. The third kappa shape index (κ3) is 5.60. The molecule has 6 nitrogen and oxygen atoms in total. The van der Waals surface area contributed by atoms with Crippen molar-refractivity contribution >= 4 is 23.1 Å². The van der Waals surface area contributed by atoms with Crippen molar-refractivity contribution < 1.29 is 9.53 Å². The van der Waals surface area contributed by atoms with Gasteiger partial charge in [0.1, 0.15) is 10.8 Å². The number of fused-ring (bicyclic) bond motifs is 1. The van der Waals surface area contributed by atoms with Gasteiger partial charge in [0.15, 0.2) is 0 Å². The molecule has 0 bridgehead atoms. The molecule has 4 rings (SSSR count). The number of hydrogen-bond acceptors (Lipinski definition) is 4. The summed E-state index contributed by atoms with van der Waals surface area (Å²) in [6.07, 6.45) is 7.15. The van der Waals surface area contributed by atoms with Crippen molar-refractivity contribution in [2.45, 2.75) is 45.7 Å². The van der Waals surface area contributed by atoms with Crippen LogP contribution in [-0.4, -0.2) is 36.2 Å². The van der Waals surface area contributed by atoms with E-state index in [4.69, 9.17) is 4.74 Å². The minimum absolute atomic E-state index is 0.0567. The van der Waals surface area contributed by atoms with Crippen LogP contribution in [0.25, 0.3) is 5.00 Å². The van der Waals surface area contributed by atoms with Gasteiger partial charge < -0.3 is 24.8 Å². The first-order valence-corrected chi connectivity index (χ1v) is 12.4. The molecule has 1 atom stereocenters. The molecule has 1 aliphatic heterocycles. The topological polar surface area (TPSA) is 58.5 Å². The molecule has 0 fully saturated rings. The number of hydrogen-bond donors (Lipinski definition) is 2. The number of anilines is 1. The summed E-state index contributed by atoms with van der Waals surface area (Å²) in [6.45, 7) is 6.46. The van der Waals surface area contributed by atoms with Gasteiger partial charge in [0.05, 0.1) is 13.2 Å². The minimum Gasteiger partial charge on any atom is -0.497 e. The standard InChI is InChI=1S/C26H34N4O2S/c1-18(2)10-11-22(28-26(31)27-19-8-7-9-20(16-19)32-4)24-21-12-15-29(3)17-23(21)33-25(24)30-13-5-6-14-30/h5-9,13-14,16,18,22H,10-12,15,17H2,1-4H3,(H2,27,28,31). The predicted octanol–water partition coefficient (Wildman–Crippen LogP) is 5.83. The Balaban J connectivity index is 1.65. The average molecular weight is 467 g/mol. The lowest BCUT2D eigenvalue weighted by molar-refractivity contribution is 0.247. The van der Waals surface area contributed by atoms with Gasteiger partial charge in [0, 0.05) is 47.7 Å². The number of rotatable bonds is 8. The van der Waals surface area contributed by atoms with Crippen LogP contribution in [0.15, 0.2) is 48.8 Å². The van der Waals surface area contributed by atoms with E-state index in [-0.39, 0.29) is 12.1 Å². The largest absolute Gasteiger partial charge is 0.497 e. The number of methoxy groups -OCH3 is 1. The molecule has 0 spiro atoms. The number of urea groups is 1.